The average molecular weight is 240 g/mol. The Balaban J connectivity index is 2.39. The Morgan fingerprint density at radius 3 is 2.47 bits per heavy atom. The molecule has 17 heavy (non-hydrogen) atoms. The normalized spacial score (nSPS) is 20.9. The van der Waals surface area contributed by atoms with Gasteiger partial charge in [-0.2, -0.15) is 0 Å². The van der Waals surface area contributed by atoms with E-state index in [9.17, 15) is 4.79 Å². The number of carbonyl (C=O) groups excluding carboxylic acids is 1. The van der Waals surface area contributed by atoms with E-state index in [1.807, 2.05) is 0 Å². The van der Waals surface area contributed by atoms with E-state index < -0.39 is 0 Å². The fourth-order valence-electron chi connectivity index (χ4n) is 2.61. The van der Waals surface area contributed by atoms with E-state index in [2.05, 4.69) is 30.6 Å². The van der Waals surface area contributed by atoms with Crippen molar-refractivity contribution in [3.63, 3.8) is 0 Å². The van der Waals surface area contributed by atoms with Crippen molar-refractivity contribution >= 4 is 5.91 Å². The van der Waals surface area contributed by atoms with Crippen LogP contribution in [-0.2, 0) is 4.79 Å². The molecule has 0 saturated carbocycles. The minimum atomic E-state index is 0.332. The summed E-state index contributed by atoms with van der Waals surface area (Å²) in [4.78, 5) is 16.5. The zero-order valence-electron chi connectivity index (χ0n) is 11.7. The van der Waals surface area contributed by atoms with Gasteiger partial charge in [0.15, 0.2) is 0 Å². The third kappa shape index (κ3) is 5.07. The second-order valence-corrected chi connectivity index (χ2v) is 5.36. The number of piperidine rings is 1. The molecule has 0 aromatic rings. The van der Waals surface area contributed by atoms with Crippen molar-refractivity contribution in [2.45, 2.75) is 46.5 Å². The van der Waals surface area contributed by atoms with Crippen molar-refractivity contribution in [3.8, 4) is 0 Å². The highest BCUT2D eigenvalue weighted by Gasteiger charge is 2.22. The highest BCUT2D eigenvalue weighted by atomic mass is 16.2. The van der Waals surface area contributed by atoms with Crippen LogP contribution in [0.15, 0.2) is 0 Å². The molecule has 1 aliphatic rings. The molecule has 0 N–H and O–H groups in total. The number of nitrogens with zero attached hydrogens (tertiary/aromatic N) is 2. The van der Waals surface area contributed by atoms with Crippen molar-refractivity contribution in [1.82, 2.24) is 9.80 Å². The Morgan fingerprint density at radius 2 is 1.94 bits per heavy atom. The van der Waals surface area contributed by atoms with Crippen LogP contribution < -0.4 is 0 Å². The number of hydrogen-bond donors (Lipinski definition) is 0. The van der Waals surface area contributed by atoms with Gasteiger partial charge in [0.05, 0.1) is 6.54 Å². The van der Waals surface area contributed by atoms with Gasteiger partial charge in [0, 0.05) is 13.1 Å². The summed E-state index contributed by atoms with van der Waals surface area (Å²) in [5.41, 5.74) is 0. The smallest absolute Gasteiger partial charge is 0.236 e. The Morgan fingerprint density at radius 1 is 1.29 bits per heavy atom. The van der Waals surface area contributed by atoms with Crippen LogP contribution in [0.4, 0.5) is 0 Å². The van der Waals surface area contributed by atoms with E-state index in [1.165, 1.54) is 12.8 Å². The maximum absolute atomic E-state index is 12.2. The van der Waals surface area contributed by atoms with Crippen LogP contribution in [0, 0.1) is 5.92 Å². The van der Waals surface area contributed by atoms with Crippen LogP contribution in [0.3, 0.4) is 0 Å². The molecule has 1 fully saturated rings. The van der Waals surface area contributed by atoms with Gasteiger partial charge in [-0.3, -0.25) is 9.69 Å². The fourth-order valence-corrected chi connectivity index (χ4v) is 2.61. The number of rotatable bonds is 6. The summed E-state index contributed by atoms with van der Waals surface area (Å²) in [6.07, 6.45) is 4.71. The van der Waals surface area contributed by atoms with Crippen molar-refractivity contribution in [2.24, 2.45) is 5.92 Å². The van der Waals surface area contributed by atoms with E-state index in [4.69, 9.17) is 0 Å². The van der Waals surface area contributed by atoms with Gasteiger partial charge < -0.3 is 4.90 Å². The van der Waals surface area contributed by atoms with Crippen LogP contribution in [0.1, 0.15) is 46.5 Å². The van der Waals surface area contributed by atoms with Crippen LogP contribution in [0.2, 0.25) is 0 Å². The van der Waals surface area contributed by atoms with Gasteiger partial charge in [0.1, 0.15) is 0 Å². The highest BCUT2D eigenvalue weighted by molar-refractivity contribution is 5.78. The maximum Gasteiger partial charge on any atom is 0.236 e. The summed E-state index contributed by atoms with van der Waals surface area (Å²) in [5, 5.41) is 0. The summed E-state index contributed by atoms with van der Waals surface area (Å²) < 4.78 is 0. The molecule has 1 aliphatic heterocycles. The molecular weight excluding hydrogens is 212 g/mol. The largest absolute Gasteiger partial charge is 0.341 e. The topological polar surface area (TPSA) is 23.6 Å². The molecular formula is C14H28N2O. The van der Waals surface area contributed by atoms with Crippen LogP contribution in [0.25, 0.3) is 0 Å². The first-order valence-corrected chi connectivity index (χ1v) is 7.17. The lowest BCUT2D eigenvalue weighted by molar-refractivity contribution is -0.134. The zero-order valence-corrected chi connectivity index (χ0v) is 11.7. The monoisotopic (exact) mass is 240 g/mol. The fraction of sp³-hybridized carbons (Fsp3) is 0.929. The third-order valence-corrected chi connectivity index (χ3v) is 3.45. The first kappa shape index (κ1) is 14.5. The quantitative estimate of drug-likeness (QED) is 0.711. The summed E-state index contributed by atoms with van der Waals surface area (Å²) in [6, 6.07) is 0. The summed E-state index contributed by atoms with van der Waals surface area (Å²) in [6.45, 7) is 11.2. The molecule has 0 bridgehead atoms. The van der Waals surface area contributed by atoms with Gasteiger partial charge in [0.25, 0.3) is 0 Å². The lowest BCUT2D eigenvalue weighted by atomic mass is 10.0. The lowest BCUT2D eigenvalue weighted by Gasteiger charge is -2.32. The number of carbonyl (C=O) groups is 1. The number of likely N-dealkylation sites (tertiary alicyclic amines) is 1. The Kier molecular flexibility index (Phi) is 6.56. The third-order valence-electron chi connectivity index (χ3n) is 3.45. The molecule has 0 aromatic heterocycles. The SMILES string of the molecule is CCCN(CCC)CC(=O)N1CCCC(C)C1. The molecule has 0 aromatic carbocycles. The maximum atomic E-state index is 12.2. The summed E-state index contributed by atoms with van der Waals surface area (Å²) in [7, 11) is 0. The molecule has 1 atom stereocenters. The number of amides is 1. The molecule has 1 saturated heterocycles. The second kappa shape index (κ2) is 7.70. The average Bonchev–Trinajstić information content (AvgIpc) is 2.29. The Bertz CT molecular complexity index is 224. The summed E-state index contributed by atoms with van der Waals surface area (Å²) in [5.74, 6) is 1.01. The van der Waals surface area contributed by atoms with Gasteiger partial charge in [0.2, 0.25) is 5.91 Å². The lowest BCUT2D eigenvalue weighted by Crippen LogP contribution is -2.45. The van der Waals surface area contributed by atoms with Crippen LogP contribution in [0.5, 0.6) is 0 Å². The van der Waals surface area contributed by atoms with Crippen molar-refractivity contribution in [1.29, 1.82) is 0 Å². The standard InChI is InChI=1S/C14H28N2O/c1-4-8-15(9-5-2)12-14(17)16-10-6-7-13(3)11-16/h13H,4-12H2,1-3H3. The number of hydrogen-bond acceptors (Lipinski definition) is 2. The molecule has 0 spiro atoms. The van der Waals surface area contributed by atoms with Crippen molar-refractivity contribution in [2.75, 3.05) is 32.7 Å². The highest BCUT2D eigenvalue weighted by Crippen LogP contribution is 2.15. The molecule has 1 unspecified atom stereocenters. The first-order valence-electron chi connectivity index (χ1n) is 7.17. The molecule has 3 nitrogen and oxygen atoms in total. The van der Waals surface area contributed by atoms with E-state index in [-0.39, 0.29) is 0 Å². The van der Waals surface area contributed by atoms with Gasteiger partial charge >= 0.3 is 0 Å². The Labute approximate surface area is 106 Å². The van der Waals surface area contributed by atoms with Crippen molar-refractivity contribution in [3.05, 3.63) is 0 Å². The van der Waals surface area contributed by atoms with Gasteiger partial charge in [-0.15, -0.1) is 0 Å². The van der Waals surface area contributed by atoms with Crippen LogP contribution >= 0.6 is 0 Å². The molecule has 1 rings (SSSR count). The second-order valence-electron chi connectivity index (χ2n) is 5.36. The molecule has 0 aliphatic carbocycles. The molecule has 0 radical (unpaired) electrons. The van der Waals surface area contributed by atoms with Gasteiger partial charge in [-0.25, -0.2) is 0 Å². The minimum Gasteiger partial charge on any atom is -0.341 e. The first-order chi connectivity index (χ1) is 8.17. The van der Waals surface area contributed by atoms with Gasteiger partial charge in [-0.05, 0) is 44.7 Å². The van der Waals surface area contributed by atoms with E-state index in [1.54, 1.807) is 0 Å². The predicted octanol–water partition coefficient (Wildman–Crippen LogP) is 2.37. The Hall–Kier alpha value is -0.570. The molecule has 1 amide bonds. The van der Waals surface area contributed by atoms with E-state index in [0.717, 1.165) is 39.0 Å². The molecule has 100 valence electrons. The van der Waals surface area contributed by atoms with E-state index in [0.29, 0.717) is 18.4 Å². The molecule has 1 heterocycles. The van der Waals surface area contributed by atoms with Crippen LogP contribution in [-0.4, -0.2) is 48.4 Å². The minimum absolute atomic E-state index is 0.332. The van der Waals surface area contributed by atoms with Gasteiger partial charge in [-0.1, -0.05) is 20.8 Å². The zero-order chi connectivity index (χ0) is 12.7. The molecule has 3 heteroatoms. The summed E-state index contributed by atoms with van der Waals surface area (Å²) >= 11 is 0. The van der Waals surface area contributed by atoms with E-state index >= 15 is 0 Å². The predicted molar refractivity (Wildman–Crippen MR) is 72.0 cm³/mol. The van der Waals surface area contributed by atoms with Crippen molar-refractivity contribution < 1.29 is 4.79 Å².